The van der Waals surface area contributed by atoms with E-state index in [1.807, 2.05) is 0 Å². The summed E-state index contributed by atoms with van der Waals surface area (Å²) >= 11 is 11.9. The molecule has 6 heteroatoms. The Morgan fingerprint density at radius 3 is 2.65 bits per heavy atom. The van der Waals surface area contributed by atoms with Crippen molar-refractivity contribution in [3.8, 4) is 0 Å². The van der Waals surface area contributed by atoms with Crippen LogP contribution in [-0.2, 0) is 6.54 Å². The van der Waals surface area contributed by atoms with E-state index in [0.717, 1.165) is 6.07 Å². The summed E-state index contributed by atoms with van der Waals surface area (Å²) in [4.78, 5) is 10.9. The Balaban J connectivity index is 2.15. The Kier molecular flexibility index (Phi) is 4.47. The van der Waals surface area contributed by atoms with Gasteiger partial charge < -0.3 is 11.1 Å². The van der Waals surface area contributed by atoms with Gasteiger partial charge in [0.05, 0.1) is 15.7 Å². The van der Waals surface area contributed by atoms with Gasteiger partial charge in [-0.1, -0.05) is 35.3 Å². The van der Waals surface area contributed by atoms with Crippen LogP contribution in [0, 0.1) is 5.82 Å². The van der Waals surface area contributed by atoms with E-state index in [1.165, 1.54) is 12.1 Å². The minimum atomic E-state index is -0.665. The molecule has 1 amide bonds. The molecule has 0 fully saturated rings. The molecule has 0 bridgehead atoms. The zero-order valence-electron chi connectivity index (χ0n) is 10.3. The number of carbonyl (C=O) groups excluding carboxylic acids is 1. The van der Waals surface area contributed by atoms with E-state index < -0.39 is 11.7 Å². The number of hydrogen-bond acceptors (Lipinski definition) is 2. The van der Waals surface area contributed by atoms with Gasteiger partial charge in [-0.25, -0.2) is 4.39 Å². The number of nitrogens with two attached hydrogens (primary N) is 1. The Morgan fingerprint density at radius 2 is 2.00 bits per heavy atom. The molecule has 20 heavy (non-hydrogen) atoms. The molecule has 0 aliphatic rings. The van der Waals surface area contributed by atoms with Crippen molar-refractivity contribution in [2.75, 3.05) is 5.32 Å². The molecular formula is C14H11Cl2FN2O. The second-order valence-electron chi connectivity index (χ2n) is 4.13. The van der Waals surface area contributed by atoms with E-state index in [-0.39, 0.29) is 12.1 Å². The first-order valence-electron chi connectivity index (χ1n) is 5.75. The molecule has 2 aromatic carbocycles. The van der Waals surface area contributed by atoms with E-state index in [0.29, 0.717) is 21.3 Å². The van der Waals surface area contributed by atoms with Crippen molar-refractivity contribution in [1.29, 1.82) is 0 Å². The predicted molar refractivity (Wildman–Crippen MR) is 78.7 cm³/mol. The zero-order valence-corrected chi connectivity index (χ0v) is 11.8. The molecule has 2 aromatic rings. The van der Waals surface area contributed by atoms with Gasteiger partial charge in [0.1, 0.15) is 5.82 Å². The smallest absolute Gasteiger partial charge is 0.248 e. The summed E-state index contributed by atoms with van der Waals surface area (Å²) in [6.45, 7) is 0.213. The standard InChI is InChI=1S/C14H11Cl2FN2O/c15-10-2-1-3-12(13(10)16)19-7-9-5-4-8(14(18)20)6-11(9)17/h1-6,19H,7H2,(H2,18,20). The molecule has 0 aromatic heterocycles. The lowest BCUT2D eigenvalue weighted by Crippen LogP contribution is -2.12. The number of anilines is 1. The number of hydrogen-bond donors (Lipinski definition) is 2. The molecule has 0 spiro atoms. The largest absolute Gasteiger partial charge is 0.380 e. The van der Waals surface area contributed by atoms with Gasteiger partial charge in [-0.3, -0.25) is 4.79 Å². The summed E-state index contributed by atoms with van der Waals surface area (Å²) in [7, 11) is 0. The quantitative estimate of drug-likeness (QED) is 0.901. The van der Waals surface area contributed by atoms with Crippen LogP contribution in [0.2, 0.25) is 10.0 Å². The monoisotopic (exact) mass is 312 g/mol. The predicted octanol–water partition coefficient (Wildman–Crippen LogP) is 3.84. The molecule has 0 saturated carbocycles. The Morgan fingerprint density at radius 1 is 1.25 bits per heavy atom. The average molecular weight is 313 g/mol. The number of rotatable bonds is 4. The van der Waals surface area contributed by atoms with Gasteiger partial charge in [0.15, 0.2) is 0 Å². The molecule has 0 radical (unpaired) electrons. The normalized spacial score (nSPS) is 10.3. The van der Waals surface area contributed by atoms with Gasteiger partial charge in [-0.05, 0) is 24.3 Å². The highest BCUT2D eigenvalue weighted by atomic mass is 35.5. The van der Waals surface area contributed by atoms with E-state index in [1.54, 1.807) is 18.2 Å². The van der Waals surface area contributed by atoms with Gasteiger partial charge in [0.2, 0.25) is 5.91 Å². The Hall–Kier alpha value is -1.78. The van der Waals surface area contributed by atoms with Gasteiger partial charge >= 0.3 is 0 Å². The number of primary amides is 1. The first kappa shape index (κ1) is 14.6. The molecule has 0 saturated heterocycles. The summed E-state index contributed by atoms with van der Waals surface area (Å²) in [6.07, 6.45) is 0. The number of amides is 1. The van der Waals surface area contributed by atoms with Crippen LogP contribution < -0.4 is 11.1 Å². The second kappa shape index (κ2) is 6.11. The molecule has 3 nitrogen and oxygen atoms in total. The molecule has 0 unspecified atom stereocenters. The highest BCUT2D eigenvalue weighted by molar-refractivity contribution is 6.43. The number of carbonyl (C=O) groups is 1. The minimum Gasteiger partial charge on any atom is -0.380 e. The van der Waals surface area contributed by atoms with Crippen LogP contribution in [0.25, 0.3) is 0 Å². The van der Waals surface area contributed by atoms with Crippen LogP contribution in [0.5, 0.6) is 0 Å². The molecule has 0 aliphatic carbocycles. The fraction of sp³-hybridized carbons (Fsp3) is 0.0714. The van der Waals surface area contributed by atoms with Crippen molar-refractivity contribution >= 4 is 34.8 Å². The molecule has 2 rings (SSSR count). The topological polar surface area (TPSA) is 55.1 Å². The lowest BCUT2D eigenvalue weighted by atomic mass is 10.1. The molecule has 0 atom stereocenters. The average Bonchev–Trinajstić information content (AvgIpc) is 2.41. The van der Waals surface area contributed by atoms with Crippen molar-refractivity contribution in [1.82, 2.24) is 0 Å². The van der Waals surface area contributed by atoms with E-state index in [9.17, 15) is 9.18 Å². The van der Waals surface area contributed by atoms with Crippen molar-refractivity contribution in [3.05, 3.63) is 63.4 Å². The number of benzene rings is 2. The minimum absolute atomic E-state index is 0.132. The maximum Gasteiger partial charge on any atom is 0.248 e. The van der Waals surface area contributed by atoms with E-state index in [4.69, 9.17) is 28.9 Å². The maximum atomic E-state index is 13.8. The summed E-state index contributed by atoms with van der Waals surface area (Å²) in [6, 6.07) is 9.23. The van der Waals surface area contributed by atoms with E-state index in [2.05, 4.69) is 5.32 Å². The van der Waals surface area contributed by atoms with Gasteiger partial charge in [0.25, 0.3) is 0 Å². The fourth-order valence-corrected chi connectivity index (χ4v) is 2.04. The Labute approximate surface area is 125 Å². The molecular weight excluding hydrogens is 302 g/mol. The van der Waals surface area contributed by atoms with Crippen molar-refractivity contribution < 1.29 is 9.18 Å². The third-order valence-corrected chi connectivity index (χ3v) is 3.58. The van der Waals surface area contributed by atoms with Crippen molar-refractivity contribution in [2.24, 2.45) is 5.73 Å². The van der Waals surface area contributed by atoms with Crippen LogP contribution in [0.15, 0.2) is 36.4 Å². The SMILES string of the molecule is NC(=O)c1ccc(CNc2cccc(Cl)c2Cl)c(F)c1. The van der Waals surface area contributed by atoms with Gasteiger partial charge in [-0.15, -0.1) is 0 Å². The molecule has 0 heterocycles. The number of halogens is 3. The Bertz CT molecular complexity index is 662. The first-order valence-corrected chi connectivity index (χ1v) is 6.50. The third-order valence-electron chi connectivity index (χ3n) is 2.76. The summed E-state index contributed by atoms with van der Waals surface area (Å²) in [5.74, 6) is -1.17. The first-order chi connectivity index (χ1) is 9.49. The fourth-order valence-electron chi connectivity index (χ4n) is 1.67. The van der Waals surface area contributed by atoms with Crippen molar-refractivity contribution in [2.45, 2.75) is 6.54 Å². The highest BCUT2D eigenvalue weighted by Gasteiger charge is 2.08. The van der Waals surface area contributed by atoms with Crippen molar-refractivity contribution in [3.63, 3.8) is 0 Å². The van der Waals surface area contributed by atoms with Crippen LogP contribution >= 0.6 is 23.2 Å². The highest BCUT2D eigenvalue weighted by Crippen LogP contribution is 2.29. The molecule has 3 N–H and O–H groups in total. The zero-order chi connectivity index (χ0) is 14.7. The third kappa shape index (κ3) is 3.21. The maximum absolute atomic E-state index is 13.8. The summed E-state index contributed by atoms with van der Waals surface area (Å²) in [5.41, 5.74) is 6.22. The van der Waals surface area contributed by atoms with Crippen LogP contribution in [0.1, 0.15) is 15.9 Å². The van der Waals surface area contributed by atoms with Gasteiger partial charge in [-0.2, -0.15) is 0 Å². The lowest BCUT2D eigenvalue weighted by Gasteiger charge is -2.10. The molecule has 104 valence electrons. The van der Waals surface area contributed by atoms with Gasteiger partial charge in [0, 0.05) is 17.7 Å². The summed E-state index contributed by atoms with van der Waals surface area (Å²) in [5, 5.41) is 3.78. The van der Waals surface area contributed by atoms with Crippen LogP contribution in [0.3, 0.4) is 0 Å². The molecule has 0 aliphatic heterocycles. The van der Waals surface area contributed by atoms with E-state index >= 15 is 0 Å². The van der Waals surface area contributed by atoms with Crippen LogP contribution in [-0.4, -0.2) is 5.91 Å². The number of nitrogens with one attached hydrogen (secondary N) is 1. The lowest BCUT2D eigenvalue weighted by molar-refractivity contribution is 0.1000. The summed E-state index contributed by atoms with van der Waals surface area (Å²) < 4.78 is 13.8. The van der Waals surface area contributed by atoms with Crippen LogP contribution in [0.4, 0.5) is 10.1 Å². The second-order valence-corrected chi connectivity index (χ2v) is 4.91.